The first kappa shape index (κ1) is 11.1. The third kappa shape index (κ3) is 1.91. The fraction of sp³-hybridized carbons (Fsp3) is 0.125. The lowest BCUT2D eigenvalue weighted by Gasteiger charge is -2.07. The molecule has 0 fully saturated rings. The molecule has 3 aromatic rings. The average molecular weight is 237 g/mol. The second-order valence-electron chi connectivity index (χ2n) is 4.58. The molecule has 3 rings (SSSR count). The molecule has 0 bridgehead atoms. The first-order chi connectivity index (χ1) is 8.74. The summed E-state index contributed by atoms with van der Waals surface area (Å²) >= 11 is 0. The Morgan fingerprint density at radius 2 is 1.78 bits per heavy atom. The molecule has 2 heteroatoms. The largest absolute Gasteiger partial charge is 0.459 e. The number of fused-ring (bicyclic) bond motifs is 1. The number of benzene rings is 2. The van der Waals surface area contributed by atoms with Crippen LogP contribution in [0.3, 0.4) is 0 Å². The van der Waals surface area contributed by atoms with E-state index in [1.807, 2.05) is 42.5 Å². The summed E-state index contributed by atoms with van der Waals surface area (Å²) in [4.78, 5) is 0. The first-order valence-corrected chi connectivity index (χ1v) is 6.04. The van der Waals surface area contributed by atoms with Crippen molar-refractivity contribution < 1.29 is 4.42 Å². The SMILES string of the molecule is Cc1ccc2cc(C(N)c3ccccc3)oc2c1. The van der Waals surface area contributed by atoms with Gasteiger partial charge in [0.05, 0.1) is 6.04 Å². The highest BCUT2D eigenvalue weighted by Gasteiger charge is 2.13. The highest BCUT2D eigenvalue weighted by molar-refractivity contribution is 5.78. The van der Waals surface area contributed by atoms with Gasteiger partial charge in [0.2, 0.25) is 0 Å². The molecule has 1 aromatic heterocycles. The lowest BCUT2D eigenvalue weighted by atomic mass is 10.1. The van der Waals surface area contributed by atoms with E-state index < -0.39 is 0 Å². The second kappa shape index (κ2) is 4.31. The van der Waals surface area contributed by atoms with Crippen molar-refractivity contribution in [3.05, 3.63) is 71.5 Å². The van der Waals surface area contributed by atoms with Crippen molar-refractivity contribution in [1.29, 1.82) is 0 Å². The zero-order valence-electron chi connectivity index (χ0n) is 10.3. The van der Waals surface area contributed by atoms with Gasteiger partial charge in [-0.15, -0.1) is 0 Å². The Kier molecular flexibility index (Phi) is 2.65. The van der Waals surface area contributed by atoms with Gasteiger partial charge in [0.25, 0.3) is 0 Å². The summed E-state index contributed by atoms with van der Waals surface area (Å²) in [5, 5.41) is 1.10. The Labute approximate surface area is 106 Å². The Bertz CT molecular complexity index is 670. The molecule has 0 saturated heterocycles. The Morgan fingerprint density at radius 1 is 1.00 bits per heavy atom. The van der Waals surface area contributed by atoms with E-state index in [2.05, 4.69) is 19.1 Å². The molecule has 0 radical (unpaired) electrons. The standard InChI is InChI=1S/C16H15NO/c1-11-7-8-13-10-15(18-14(13)9-11)16(17)12-5-3-2-4-6-12/h2-10,16H,17H2,1H3. The maximum atomic E-state index is 6.22. The molecule has 0 aliphatic heterocycles. The van der Waals surface area contributed by atoms with Crippen LogP contribution in [0.25, 0.3) is 11.0 Å². The molecule has 0 aliphatic rings. The van der Waals surface area contributed by atoms with Crippen LogP contribution < -0.4 is 5.73 Å². The van der Waals surface area contributed by atoms with Gasteiger partial charge in [-0.25, -0.2) is 0 Å². The van der Waals surface area contributed by atoms with Gasteiger partial charge in [0.1, 0.15) is 11.3 Å². The molecule has 90 valence electrons. The summed E-state index contributed by atoms with van der Waals surface area (Å²) < 4.78 is 5.84. The molecular formula is C16H15NO. The normalized spacial score (nSPS) is 12.8. The number of nitrogens with two attached hydrogens (primary N) is 1. The van der Waals surface area contributed by atoms with Crippen LogP contribution in [0.4, 0.5) is 0 Å². The number of furan rings is 1. The van der Waals surface area contributed by atoms with Gasteiger partial charge in [0.15, 0.2) is 0 Å². The quantitative estimate of drug-likeness (QED) is 0.736. The predicted octanol–water partition coefficient (Wildman–Crippen LogP) is 3.79. The monoisotopic (exact) mass is 237 g/mol. The minimum absolute atomic E-state index is 0.209. The Balaban J connectivity index is 2.04. The van der Waals surface area contributed by atoms with Crippen LogP contribution in [-0.4, -0.2) is 0 Å². The van der Waals surface area contributed by atoms with E-state index in [-0.39, 0.29) is 6.04 Å². The molecule has 18 heavy (non-hydrogen) atoms. The molecule has 0 amide bonds. The van der Waals surface area contributed by atoms with Crippen LogP contribution in [0.1, 0.15) is 22.9 Å². The molecule has 2 aromatic carbocycles. The van der Waals surface area contributed by atoms with Crippen LogP contribution >= 0.6 is 0 Å². The topological polar surface area (TPSA) is 39.2 Å². The van der Waals surface area contributed by atoms with Crippen LogP contribution in [0.5, 0.6) is 0 Å². The maximum absolute atomic E-state index is 6.22. The summed E-state index contributed by atoms with van der Waals surface area (Å²) in [6.07, 6.45) is 0. The van der Waals surface area contributed by atoms with Crippen LogP contribution in [0.2, 0.25) is 0 Å². The van der Waals surface area contributed by atoms with E-state index in [0.717, 1.165) is 22.3 Å². The Morgan fingerprint density at radius 3 is 2.56 bits per heavy atom. The van der Waals surface area contributed by atoms with Crippen molar-refractivity contribution in [2.75, 3.05) is 0 Å². The van der Waals surface area contributed by atoms with Crippen molar-refractivity contribution in [1.82, 2.24) is 0 Å². The van der Waals surface area contributed by atoms with Gasteiger partial charge in [-0.2, -0.15) is 0 Å². The number of aryl methyl sites for hydroxylation is 1. The van der Waals surface area contributed by atoms with Gasteiger partial charge in [-0.05, 0) is 30.2 Å². The minimum atomic E-state index is -0.209. The van der Waals surface area contributed by atoms with Crippen LogP contribution in [0.15, 0.2) is 59.0 Å². The van der Waals surface area contributed by atoms with Gasteiger partial charge >= 0.3 is 0 Å². The van der Waals surface area contributed by atoms with Crippen molar-refractivity contribution in [3.8, 4) is 0 Å². The van der Waals surface area contributed by atoms with E-state index in [1.165, 1.54) is 5.56 Å². The molecule has 0 spiro atoms. The number of hydrogen-bond acceptors (Lipinski definition) is 2. The molecule has 1 atom stereocenters. The fourth-order valence-electron chi connectivity index (χ4n) is 2.14. The molecule has 1 heterocycles. The summed E-state index contributed by atoms with van der Waals surface area (Å²) in [6.45, 7) is 2.05. The average Bonchev–Trinajstić information content (AvgIpc) is 2.81. The van der Waals surface area contributed by atoms with Gasteiger partial charge in [-0.1, -0.05) is 42.5 Å². The molecule has 0 saturated carbocycles. The smallest absolute Gasteiger partial charge is 0.134 e. The summed E-state index contributed by atoms with van der Waals surface area (Å²) in [5.41, 5.74) is 9.38. The number of rotatable bonds is 2. The molecule has 1 unspecified atom stereocenters. The lowest BCUT2D eigenvalue weighted by Crippen LogP contribution is -2.10. The van der Waals surface area contributed by atoms with Crippen molar-refractivity contribution in [2.45, 2.75) is 13.0 Å². The van der Waals surface area contributed by atoms with Crippen molar-refractivity contribution in [3.63, 3.8) is 0 Å². The third-order valence-corrected chi connectivity index (χ3v) is 3.16. The summed E-state index contributed by atoms with van der Waals surface area (Å²) in [7, 11) is 0. The fourth-order valence-corrected chi connectivity index (χ4v) is 2.14. The van der Waals surface area contributed by atoms with Crippen molar-refractivity contribution >= 4 is 11.0 Å². The maximum Gasteiger partial charge on any atom is 0.134 e. The molecule has 0 aliphatic carbocycles. The number of hydrogen-bond donors (Lipinski definition) is 1. The van der Waals surface area contributed by atoms with Gasteiger partial charge in [-0.3, -0.25) is 0 Å². The minimum Gasteiger partial charge on any atom is -0.459 e. The van der Waals surface area contributed by atoms with E-state index in [1.54, 1.807) is 0 Å². The van der Waals surface area contributed by atoms with E-state index in [0.29, 0.717) is 0 Å². The Hall–Kier alpha value is -2.06. The molecule has 2 nitrogen and oxygen atoms in total. The second-order valence-corrected chi connectivity index (χ2v) is 4.58. The third-order valence-electron chi connectivity index (χ3n) is 3.16. The summed E-state index contributed by atoms with van der Waals surface area (Å²) in [5.74, 6) is 0.807. The predicted molar refractivity (Wildman–Crippen MR) is 73.4 cm³/mol. The first-order valence-electron chi connectivity index (χ1n) is 6.04. The van der Waals surface area contributed by atoms with E-state index in [9.17, 15) is 0 Å². The zero-order chi connectivity index (χ0) is 12.5. The highest BCUT2D eigenvalue weighted by Crippen LogP contribution is 2.27. The van der Waals surface area contributed by atoms with E-state index >= 15 is 0 Å². The zero-order valence-corrected chi connectivity index (χ0v) is 10.3. The molecular weight excluding hydrogens is 222 g/mol. The van der Waals surface area contributed by atoms with Crippen molar-refractivity contribution in [2.24, 2.45) is 5.73 Å². The lowest BCUT2D eigenvalue weighted by molar-refractivity contribution is 0.525. The van der Waals surface area contributed by atoms with Crippen LogP contribution in [0, 0.1) is 6.92 Å². The van der Waals surface area contributed by atoms with Crippen LogP contribution in [-0.2, 0) is 0 Å². The molecule has 2 N–H and O–H groups in total. The highest BCUT2D eigenvalue weighted by atomic mass is 16.3. The van der Waals surface area contributed by atoms with E-state index in [4.69, 9.17) is 10.2 Å². The van der Waals surface area contributed by atoms with Gasteiger partial charge in [0, 0.05) is 5.39 Å². The summed E-state index contributed by atoms with van der Waals surface area (Å²) in [6, 6.07) is 18.0. The van der Waals surface area contributed by atoms with Gasteiger partial charge < -0.3 is 10.2 Å².